The summed E-state index contributed by atoms with van der Waals surface area (Å²) in [5.74, 6) is -1.52. The number of anilines is 1. The van der Waals surface area contributed by atoms with E-state index in [-0.39, 0.29) is 18.1 Å². The molecule has 2 aromatic rings. The Morgan fingerprint density at radius 3 is 2.29 bits per heavy atom. The Labute approximate surface area is 194 Å². The van der Waals surface area contributed by atoms with E-state index in [1.54, 1.807) is 12.1 Å². The van der Waals surface area contributed by atoms with Crippen molar-refractivity contribution in [3.05, 3.63) is 61.5 Å². The highest BCUT2D eigenvalue weighted by molar-refractivity contribution is 9.11. The minimum Gasteiger partial charge on any atom is -0.481 e. The number of rotatable bonds is 5. The van der Waals surface area contributed by atoms with Gasteiger partial charge >= 0.3 is 6.03 Å². The molecule has 0 bridgehead atoms. The average Bonchev–Trinajstić information content (AvgIpc) is 2.67. The van der Waals surface area contributed by atoms with E-state index in [1.807, 2.05) is 42.7 Å². The molecule has 31 heavy (non-hydrogen) atoms. The first-order chi connectivity index (χ1) is 14.7. The Bertz CT molecular complexity index is 1100. The fraction of sp³-hybridized carbons (Fsp3) is 0.143. The van der Waals surface area contributed by atoms with Crippen LogP contribution in [0.4, 0.5) is 10.5 Å². The van der Waals surface area contributed by atoms with Crippen LogP contribution in [0, 0.1) is 13.8 Å². The molecule has 0 radical (unpaired) electrons. The monoisotopic (exact) mass is 549 g/mol. The van der Waals surface area contributed by atoms with Crippen molar-refractivity contribution in [1.82, 2.24) is 10.6 Å². The molecule has 160 valence electrons. The first kappa shape index (κ1) is 22.7. The standard InChI is InChI=1S/C21H17Br2N3O5/c1-10-4-3-5-16(11(10)2)24-17(27)9-31-18-14(22)7-12(8-15(18)23)6-13-19(28)25-21(30)26-20(13)29/h3-8H,9H2,1-2H3,(H,24,27)(H2,25,26,28,29,30). The number of ether oxygens (including phenoxy) is 1. The van der Waals surface area contributed by atoms with Crippen LogP contribution in [-0.4, -0.2) is 30.4 Å². The number of amides is 5. The summed E-state index contributed by atoms with van der Waals surface area (Å²) >= 11 is 6.74. The maximum absolute atomic E-state index is 12.3. The van der Waals surface area contributed by atoms with Gasteiger partial charge in [-0.2, -0.15) is 0 Å². The number of benzene rings is 2. The first-order valence-electron chi connectivity index (χ1n) is 9.02. The summed E-state index contributed by atoms with van der Waals surface area (Å²) < 4.78 is 6.65. The molecular weight excluding hydrogens is 534 g/mol. The van der Waals surface area contributed by atoms with Gasteiger partial charge in [0.25, 0.3) is 17.7 Å². The zero-order valence-electron chi connectivity index (χ0n) is 16.5. The summed E-state index contributed by atoms with van der Waals surface area (Å²) in [6, 6.07) is 8.02. The minimum absolute atomic E-state index is 0.208. The lowest BCUT2D eigenvalue weighted by Crippen LogP contribution is -2.51. The number of carbonyl (C=O) groups excluding carboxylic acids is 4. The largest absolute Gasteiger partial charge is 0.481 e. The van der Waals surface area contributed by atoms with Gasteiger partial charge in [0.05, 0.1) is 8.95 Å². The van der Waals surface area contributed by atoms with E-state index in [0.717, 1.165) is 16.8 Å². The number of barbiturate groups is 1. The number of hydrogen-bond donors (Lipinski definition) is 3. The number of imide groups is 2. The van der Waals surface area contributed by atoms with E-state index in [1.165, 1.54) is 6.08 Å². The molecule has 1 heterocycles. The van der Waals surface area contributed by atoms with Gasteiger partial charge in [-0.1, -0.05) is 12.1 Å². The minimum atomic E-state index is -0.864. The molecule has 1 fully saturated rings. The smallest absolute Gasteiger partial charge is 0.328 e. The van der Waals surface area contributed by atoms with E-state index in [0.29, 0.717) is 20.3 Å². The summed E-state index contributed by atoms with van der Waals surface area (Å²) in [4.78, 5) is 47.2. The van der Waals surface area contributed by atoms with Crippen LogP contribution in [0.3, 0.4) is 0 Å². The van der Waals surface area contributed by atoms with Crippen LogP contribution in [-0.2, 0) is 14.4 Å². The second kappa shape index (κ2) is 9.44. The molecule has 2 aromatic carbocycles. The summed E-state index contributed by atoms with van der Waals surface area (Å²) in [6.45, 7) is 3.66. The quantitative estimate of drug-likeness (QED) is 0.389. The molecule has 8 nitrogen and oxygen atoms in total. The molecule has 10 heteroatoms. The van der Waals surface area contributed by atoms with Crippen molar-refractivity contribution in [3.8, 4) is 5.75 Å². The maximum Gasteiger partial charge on any atom is 0.328 e. The van der Waals surface area contributed by atoms with Crippen LogP contribution in [0.25, 0.3) is 6.08 Å². The zero-order valence-corrected chi connectivity index (χ0v) is 19.6. The third-order valence-corrected chi connectivity index (χ3v) is 5.68. The molecule has 0 spiro atoms. The SMILES string of the molecule is Cc1cccc(NC(=O)COc2c(Br)cc(C=C3C(=O)NC(=O)NC3=O)cc2Br)c1C. The molecule has 0 aliphatic carbocycles. The molecule has 0 saturated carbocycles. The molecule has 0 unspecified atom stereocenters. The lowest BCUT2D eigenvalue weighted by Gasteiger charge is -2.15. The number of urea groups is 1. The van der Waals surface area contributed by atoms with Crippen LogP contribution < -0.4 is 20.7 Å². The molecule has 5 amide bonds. The number of hydrogen-bond acceptors (Lipinski definition) is 5. The summed E-state index contributed by atoms with van der Waals surface area (Å²) in [5, 5.41) is 6.84. The second-order valence-electron chi connectivity index (χ2n) is 6.69. The number of aryl methyl sites for hydroxylation is 1. The van der Waals surface area contributed by atoms with Crippen LogP contribution in [0.15, 0.2) is 44.9 Å². The van der Waals surface area contributed by atoms with Crippen molar-refractivity contribution in [2.75, 3.05) is 11.9 Å². The zero-order chi connectivity index (χ0) is 22.7. The predicted molar refractivity (Wildman–Crippen MR) is 122 cm³/mol. The fourth-order valence-corrected chi connectivity index (χ4v) is 4.24. The van der Waals surface area contributed by atoms with E-state index < -0.39 is 17.8 Å². The molecule has 1 aliphatic rings. The Kier molecular flexibility index (Phi) is 6.91. The van der Waals surface area contributed by atoms with Crippen LogP contribution in [0.5, 0.6) is 5.75 Å². The molecule has 3 rings (SSSR count). The molecule has 0 atom stereocenters. The molecular formula is C21H17Br2N3O5. The Balaban J connectivity index is 1.72. The number of carbonyl (C=O) groups is 4. The highest BCUT2D eigenvalue weighted by Gasteiger charge is 2.27. The van der Waals surface area contributed by atoms with Crippen molar-refractivity contribution in [2.24, 2.45) is 0 Å². The normalized spacial score (nSPS) is 13.4. The van der Waals surface area contributed by atoms with Crippen molar-refractivity contribution >= 4 is 67.4 Å². The van der Waals surface area contributed by atoms with Gasteiger partial charge in [0.1, 0.15) is 11.3 Å². The van der Waals surface area contributed by atoms with Gasteiger partial charge in [-0.3, -0.25) is 25.0 Å². The Morgan fingerprint density at radius 2 is 1.68 bits per heavy atom. The molecule has 1 saturated heterocycles. The van der Waals surface area contributed by atoms with Gasteiger partial charge in [-0.15, -0.1) is 0 Å². The van der Waals surface area contributed by atoms with Crippen LogP contribution in [0.1, 0.15) is 16.7 Å². The second-order valence-corrected chi connectivity index (χ2v) is 8.40. The molecule has 0 aromatic heterocycles. The van der Waals surface area contributed by atoms with Gasteiger partial charge < -0.3 is 10.1 Å². The van der Waals surface area contributed by atoms with Crippen LogP contribution in [0.2, 0.25) is 0 Å². The molecule has 3 N–H and O–H groups in total. The van der Waals surface area contributed by atoms with Gasteiger partial charge in [-0.25, -0.2) is 4.79 Å². The number of nitrogens with one attached hydrogen (secondary N) is 3. The van der Waals surface area contributed by atoms with Gasteiger partial charge in [-0.05, 0) is 86.7 Å². The van der Waals surface area contributed by atoms with E-state index in [4.69, 9.17) is 4.74 Å². The van der Waals surface area contributed by atoms with Gasteiger partial charge in [0, 0.05) is 5.69 Å². The van der Waals surface area contributed by atoms with Crippen molar-refractivity contribution in [1.29, 1.82) is 0 Å². The highest BCUT2D eigenvalue weighted by atomic mass is 79.9. The molecule has 1 aliphatic heterocycles. The maximum atomic E-state index is 12.3. The van der Waals surface area contributed by atoms with E-state index in [9.17, 15) is 19.2 Å². The lowest BCUT2D eigenvalue weighted by molar-refractivity contribution is -0.124. The summed E-state index contributed by atoms with van der Waals surface area (Å²) in [6.07, 6.45) is 1.34. The Morgan fingerprint density at radius 1 is 1.06 bits per heavy atom. The first-order valence-corrected chi connectivity index (χ1v) is 10.6. The predicted octanol–water partition coefficient (Wildman–Crippen LogP) is 3.60. The van der Waals surface area contributed by atoms with E-state index in [2.05, 4.69) is 37.2 Å². The topological polar surface area (TPSA) is 114 Å². The van der Waals surface area contributed by atoms with Crippen molar-refractivity contribution < 1.29 is 23.9 Å². The van der Waals surface area contributed by atoms with E-state index >= 15 is 0 Å². The summed E-state index contributed by atoms with van der Waals surface area (Å²) in [5.41, 5.74) is 3.06. The number of halogens is 2. The summed E-state index contributed by atoms with van der Waals surface area (Å²) in [7, 11) is 0. The van der Waals surface area contributed by atoms with Gasteiger partial charge in [0.2, 0.25) is 0 Å². The van der Waals surface area contributed by atoms with Crippen molar-refractivity contribution in [3.63, 3.8) is 0 Å². The Hall–Kier alpha value is -2.98. The van der Waals surface area contributed by atoms with Gasteiger partial charge in [0.15, 0.2) is 6.61 Å². The third-order valence-electron chi connectivity index (χ3n) is 4.50. The highest BCUT2D eigenvalue weighted by Crippen LogP contribution is 2.35. The lowest BCUT2D eigenvalue weighted by atomic mass is 10.1. The van der Waals surface area contributed by atoms with Crippen molar-refractivity contribution in [2.45, 2.75) is 13.8 Å². The third kappa shape index (κ3) is 5.39. The van der Waals surface area contributed by atoms with Crippen LogP contribution >= 0.6 is 31.9 Å². The fourth-order valence-electron chi connectivity index (χ4n) is 2.78. The average molecular weight is 551 g/mol.